The number of nitrogens with zero attached hydrogens (tertiary/aromatic N) is 1. The molecule has 45 heavy (non-hydrogen) atoms. The summed E-state index contributed by atoms with van der Waals surface area (Å²) in [5.41, 5.74) is 7.32. The lowest BCUT2D eigenvalue weighted by atomic mass is 9.90. The molecule has 2 aromatic rings. The van der Waals surface area contributed by atoms with Crippen molar-refractivity contribution in [2.75, 3.05) is 46.1 Å². The highest BCUT2D eigenvalue weighted by molar-refractivity contribution is 7.89. The summed E-state index contributed by atoms with van der Waals surface area (Å²) in [6.07, 6.45) is 1.99. The molecule has 5 N–H and O–H groups in total. The van der Waals surface area contributed by atoms with Gasteiger partial charge in [-0.05, 0) is 87.9 Å². The molecule has 11 nitrogen and oxygen atoms in total. The zero-order chi connectivity index (χ0) is 32.8. The van der Waals surface area contributed by atoms with Gasteiger partial charge in [-0.15, -0.1) is 0 Å². The first-order chi connectivity index (χ1) is 21.3. The molecule has 14 heteroatoms. The average Bonchev–Trinajstić information content (AvgIpc) is 3.38. The topological polar surface area (TPSA) is 152 Å². The average molecular weight is 688 g/mol. The number of piperidine rings is 1. The summed E-state index contributed by atoms with van der Waals surface area (Å²) in [5.74, 6) is -0.0000907. The van der Waals surface area contributed by atoms with E-state index in [4.69, 9.17) is 43.1 Å². The van der Waals surface area contributed by atoms with E-state index in [-0.39, 0.29) is 41.9 Å². The summed E-state index contributed by atoms with van der Waals surface area (Å²) in [4.78, 5) is 14.9. The Morgan fingerprint density at radius 3 is 2.51 bits per heavy atom. The van der Waals surface area contributed by atoms with Gasteiger partial charge in [-0.3, -0.25) is 4.90 Å². The van der Waals surface area contributed by atoms with Crippen LogP contribution in [-0.4, -0.2) is 88.3 Å². The van der Waals surface area contributed by atoms with Crippen molar-refractivity contribution in [1.29, 1.82) is 0 Å². The van der Waals surface area contributed by atoms with Crippen molar-refractivity contribution in [3.8, 4) is 5.75 Å². The number of hydrogen-bond acceptors (Lipinski definition) is 9. The number of nitrogens with two attached hydrogens (primary N) is 1. The van der Waals surface area contributed by atoms with Crippen LogP contribution < -0.4 is 15.8 Å². The molecule has 0 spiro atoms. The van der Waals surface area contributed by atoms with Gasteiger partial charge in [0.15, 0.2) is 0 Å². The fourth-order valence-corrected chi connectivity index (χ4v) is 7.56. The lowest BCUT2D eigenvalue weighted by molar-refractivity contribution is 0.0383. The Balaban J connectivity index is 1.52. The third-order valence-electron chi connectivity index (χ3n) is 7.80. The number of halogens is 2. The van der Waals surface area contributed by atoms with Gasteiger partial charge in [-0.1, -0.05) is 23.2 Å². The van der Waals surface area contributed by atoms with Gasteiger partial charge in [-0.2, -0.15) is 0 Å². The summed E-state index contributed by atoms with van der Waals surface area (Å²) in [7, 11) is -3.89. The Bertz CT molecular complexity index is 1440. The second-order valence-corrected chi connectivity index (χ2v) is 15.0. The number of carbonyl (C=O) groups is 1. The van der Waals surface area contributed by atoms with E-state index in [1.54, 1.807) is 6.07 Å². The van der Waals surface area contributed by atoms with E-state index in [9.17, 15) is 18.3 Å². The molecule has 1 fully saturated rings. The Morgan fingerprint density at radius 2 is 1.80 bits per heavy atom. The number of nitrogens with one attached hydrogen (secondary N) is 2. The van der Waals surface area contributed by atoms with Gasteiger partial charge < -0.3 is 30.4 Å². The van der Waals surface area contributed by atoms with Crippen molar-refractivity contribution in [1.82, 2.24) is 14.9 Å². The number of hydrogen-bond donors (Lipinski definition) is 4. The number of alkyl carbamates (subject to hydrolysis) is 1. The van der Waals surface area contributed by atoms with Crippen molar-refractivity contribution in [2.24, 2.45) is 5.73 Å². The summed E-state index contributed by atoms with van der Waals surface area (Å²) in [6, 6.07) is 7.44. The minimum absolute atomic E-state index is 0.0000907. The number of rotatable bonds is 13. The van der Waals surface area contributed by atoms with Crippen LogP contribution in [0.25, 0.3) is 0 Å². The highest BCUT2D eigenvalue weighted by Crippen LogP contribution is 2.42. The lowest BCUT2D eigenvalue weighted by Gasteiger charge is -2.43. The molecule has 0 bridgehead atoms. The number of ether oxygens (including phenoxy) is 3. The molecule has 3 atom stereocenters. The maximum atomic E-state index is 13.2. The van der Waals surface area contributed by atoms with Crippen LogP contribution in [0.3, 0.4) is 0 Å². The molecule has 0 saturated carbocycles. The molecule has 4 rings (SSSR count). The van der Waals surface area contributed by atoms with Gasteiger partial charge >= 0.3 is 6.09 Å². The second-order valence-electron chi connectivity index (χ2n) is 12.4. The first-order valence-corrected chi connectivity index (χ1v) is 17.4. The van der Waals surface area contributed by atoms with Gasteiger partial charge in [0.25, 0.3) is 0 Å². The highest BCUT2D eigenvalue weighted by atomic mass is 35.5. The van der Waals surface area contributed by atoms with E-state index in [2.05, 4.69) is 14.9 Å². The van der Waals surface area contributed by atoms with Crippen LogP contribution in [0.15, 0.2) is 35.2 Å². The van der Waals surface area contributed by atoms with E-state index < -0.39 is 21.7 Å². The Hall–Kier alpha value is -2.16. The SMILES string of the molecule is CC(C)(C)OC(=O)N[C@@H]1CCC(c2cc(S(=O)(=O)NCCOCCOCCN)ccc2O)N([C@@H]2Cc3cc(Cl)cc(Cl)c3C2)C1. The number of phenolic OH excluding ortho intramolecular Hbond substituents is 1. The monoisotopic (exact) mass is 686 g/mol. The van der Waals surface area contributed by atoms with Crippen molar-refractivity contribution in [3.63, 3.8) is 0 Å². The maximum Gasteiger partial charge on any atom is 0.407 e. The Kier molecular flexibility index (Phi) is 12.4. The number of phenols is 1. The minimum Gasteiger partial charge on any atom is -0.508 e. The van der Waals surface area contributed by atoms with E-state index in [1.165, 1.54) is 18.2 Å². The summed E-state index contributed by atoms with van der Waals surface area (Å²) in [5, 5.41) is 15.2. The molecule has 1 aliphatic carbocycles. The molecular formula is C31H44Cl2N4O7S. The number of aromatic hydroxyl groups is 1. The van der Waals surface area contributed by atoms with Gasteiger partial charge in [0.2, 0.25) is 10.0 Å². The molecular weight excluding hydrogens is 643 g/mol. The van der Waals surface area contributed by atoms with Gasteiger partial charge in [0.05, 0.1) is 31.3 Å². The number of fused-ring (bicyclic) bond motifs is 1. The number of likely N-dealkylation sites (tertiary alicyclic amines) is 1. The third kappa shape index (κ3) is 9.92. The molecule has 0 radical (unpaired) electrons. The van der Waals surface area contributed by atoms with Crippen LogP contribution in [0.2, 0.25) is 10.0 Å². The molecule has 1 aliphatic heterocycles. The largest absolute Gasteiger partial charge is 0.508 e. The van der Waals surface area contributed by atoms with E-state index >= 15 is 0 Å². The van der Waals surface area contributed by atoms with Crippen molar-refractivity contribution in [3.05, 3.63) is 57.1 Å². The summed E-state index contributed by atoms with van der Waals surface area (Å²) < 4.78 is 45.2. The molecule has 0 aromatic heterocycles. The van der Waals surface area contributed by atoms with Crippen LogP contribution >= 0.6 is 23.2 Å². The zero-order valence-corrected chi connectivity index (χ0v) is 28.3. The summed E-state index contributed by atoms with van der Waals surface area (Å²) >= 11 is 12.9. The first kappa shape index (κ1) is 35.7. The fraction of sp³-hybridized carbons (Fsp3) is 0.581. The Labute approximate surface area is 275 Å². The van der Waals surface area contributed by atoms with Crippen molar-refractivity contribution in [2.45, 2.75) is 75.1 Å². The van der Waals surface area contributed by atoms with Crippen molar-refractivity contribution < 1.29 is 32.5 Å². The predicted molar refractivity (Wildman–Crippen MR) is 173 cm³/mol. The third-order valence-corrected chi connectivity index (χ3v) is 9.81. The number of sulfonamides is 1. The van der Waals surface area contributed by atoms with E-state index in [0.29, 0.717) is 74.2 Å². The predicted octanol–water partition coefficient (Wildman–Crippen LogP) is 4.17. The van der Waals surface area contributed by atoms with Crippen molar-refractivity contribution >= 4 is 39.3 Å². The van der Waals surface area contributed by atoms with Crippen LogP contribution in [0.5, 0.6) is 5.75 Å². The maximum absolute atomic E-state index is 13.2. The van der Waals surface area contributed by atoms with Crippen LogP contribution in [0, 0.1) is 0 Å². The number of carbonyl (C=O) groups excluding carboxylic acids is 1. The number of benzene rings is 2. The van der Waals surface area contributed by atoms with Gasteiger partial charge in [-0.25, -0.2) is 17.9 Å². The smallest absolute Gasteiger partial charge is 0.407 e. The second kappa shape index (κ2) is 15.6. The van der Waals surface area contributed by atoms with Crippen LogP contribution in [0.1, 0.15) is 56.3 Å². The van der Waals surface area contributed by atoms with Crippen LogP contribution in [0.4, 0.5) is 4.79 Å². The van der Waals surface area contributed by atoms with E-state index in [1.807, 2.05) is 26.8 Å². The quantitative estimate of drug-likeness (QED) is 0.228. The Morgan fingerprint density at radius 1 is 1.07 bits per heavy atom. The molecule has 250 valence electrons. The van der Waals surface area contributed by atoms with E-state index in [0.717, 1.165) is 11.1 Å². The molecule has 2 aliphatic rings. The molecule has 1 amide bonds. The minimum atomic E-state index is -3.89. The zero-order valence-electron chi connectivity index (χ0n) is 26.0. The standard InChI is InChI=1S/C31H44Cl2N4O7S/c1-31(2,3)44-30(39)36-22-4-6-28(37(19-22)23-15-20-14-21(32)16-27(33)25(20)17-23)26-18-24(5-7-29(26)38)45(40,41)35-9-11-43-13-12-42-10-8-34/h5,7,14,16,18,22-23,28,35,38H,4,6,8-13,15,17,19,34H2,1-3H3,(H,36,39)/t22-,23-,28?/m1/s1. The molecule has 1 unspecified atom stereocenters. The van der Waals surface area contributed by atoms with Gasteiger partial charge in [0, 0.05) is 53.4 Å². The number of amides is 1. The molecule has 1 saturated heterocycles. The van der Waals surface area contributed by atoms with Crippen LogP contribution in [-0.2, 0) is 37.1 Å². The summed E-state index contributed by atoms with van der Waals surface area (Å²) in [6.45, 7) is 7.72. The first-order valence-electron chi connectivity index (χ1n) is 15.2. The lowest BCUT2D eigenvalue weighted by Crippen LogP contribution is -2.53. The van der Waals surface area contributed by atoms with Gasteiger partial charge in [0.1, 0.15) is 11.4 Å². The fourth-order valence-electron chi connectivity index (χ4n) is 5.89. The molecule has 1 heterocycles. The normalized spacial score (nSPS) is 20.6. The highest BCUT2D eigenvalue weighted by Gasteiger charge is 2.39. The molecule has 2 aromatic carbocycles.